The smallest absolute Gasteiger partial charge is 0.305 e. The van der Waals surface area contributed by atoms with E-state index in [1.54, 1.807) is 36.3 Å². The maximum absolute atomic E-state index is 12.2. The van der Waals surface area contributed by atoms with Gasteiger partial charge in [0.2, 0.25) is 11.8 Å². The number of benzene rings is 1. The lowest BCUT2D eigenvalue weighted by molar-refractivity contribution is -0.140. The van der Waals surface area contributed by atoms with Crippen LogP contribution in [-0.4, -0.2) is 45.1 Å². The van der Waals surface area contributed by atoms with Crippen LogP contribution in [0.1, 0.15) is 19.3 Å². The van der Waals surface area contributed by atoms with Crippen molar-refractivity contribution in [3.05, 3.63) is 24.3 Å². The average molecular weight is 334 g/mol. The fourth-order valence-corrected chi connectivity index (χ4v) is 2.59. The van der Waals surface area contributed by atoms with Gasteiger partial charge < -0.3 is 19.7 Å². The molecule has 1 aliphatic rings. The van der Waals surface area contributed by atoms with Crippen molar-refractivity contribution < 1.29 is 23.9 Å². The lowest BCUT2D eigenvalue weighted by Gasteiger charge is -2.17. The number of anilines is 1. The first-order valence-electron chi connectivity index (χ1n) is 7.84. The van der Waals surface area contributed by atoms with Gasteiger partial charge in [-0.3, -0.25) is 14.4 Å². The predicted octanol–water partition coefficient (Wildman–Crippen LogP) is 1.12. The molecular weight excluding hydrogens is 312 g/mol. The third-order valence-corrected chi connectivity index (χ3v) is 3.96. The number of methoxy groups -OCH3 is 2. The Kier molecular flexibility index (Phi) is 6.17. The fourth-order valence-electron chi connectivity index (χ4n) is 2.59. The van der Waals surface area contributed by atoms with Gasteiger partial charge in [-0.25, -0.2) is 0 Å². The molecular formula is C17H22N2O5. The van der Waals surface area contributed by atoms with Crippen LogP contribution in [0.5, 0.6) is 5.75 Å². The zero-order chi connectivity index (χ0) is 17.5. The van der Waals surface area contributed by atoms with Crippen LogP contribution in [0.3, 0.4) is 0 Å². The molecule has 0 radical (unpaired) electrons. The number of hydrogen-bond donors (Lipinski definition) is 1. The van der Waals surface area contributed by atoms with Gasteiger partial charge in [-0.1, -0.05) is 0 Å². The van der Waals surface area contributed by atoms with Gasteiger partial charge in [0, 0.05) is 31.6 Å². The summed E-state index contributed by atoms with van der Waals surface area (Å²) >= 11 is 0. The summed E-state index contributed by atoms with van der Waals surface area (Å²) in [6, 6.07) is 7.16. The molecule has 1 aromatic carbocycles. The van der Waals surface area contributed by atoms with E-state index in [1.807, 2.05) is 0 Å². The lowest BCUT2D eigenvalue weighted by Crippen LogP contribution is -2.33. The first-order valence-corrected chi connectivity index (χ1v) is 7.84. The lowest BCUT2D eigenvalue weighted by atomic mass is 10.1. The highest BCUT2D eigenvalue weighted by molar-refractivity contribution is 6.00. The van der Waals surface area contributed by atoms with Gasteiger partial charge in [0.1, 0.15) is 5.75 Å². The molecule has 1 aliphatic heterocycles. The molecule has 1 N–H and O–H groups in total. The number of amides is 2. The molecule has 0 aliphatic carbocycles. The van der Waals surface area contributed by atoms with E-state index >= 15 is 0 Å². The molecule has 7 heteroatoms. The summed E-state index contributed by atoms with van der Waals surface area (Å²) < 4.78 is 9.64. The monoisotopic (exact) mass is 334 g/mol. The maximum Gasteiger partial charge on any atom is 0.305 e. The van der Waals surface area contributed by atoms with E-state index in [0.717, 1.165) is 5.69 Å². The number of esters is 1. The van der Waals surface area contributed by atoms with Crippen molar-refractivity contribution in [2.24, 2.45) is 5.92 Å². The number of carbonyl (C=O) groups is 3. The largest absolute Gasteiger partial charge is 0.497 e. The number of ether oxygens (including phenoxy) is 2. The van der Waals surface area contributed by atoms with Crippen LogP contribution >= 0.6 is 0 Å². The Hall–Kier alpha value is -2.57. The zero-order valence-electron chi connectivity index (χ0n) is 13.9. The Balaban J connectivity index is 1.84. The number of carbonyl (C=O) groups excluding carboxylic acids is 3. The minimum absolute atomic E-state index is 0.0742. The van der Waals surface area contributed by atoms with Crippen LogP contribution in [-0.2, 0) is 19.1 Å². The number of nitrogens with one attached hydrogen (secondary N) is 1. The molecule has 0 spiro atoms. The first-order chi connectivity index (χ1) is 11.5. The Morgan fingerprint density at radius 2 is 1.96 bits per heavy atom. The minimum Gasteiger partial charge on any atom is -0.497 e. The summed E-state index contributed by atoms with van der Waals surface area (Å²) in [6.45, 7) is 0.745. The summed E-state index contributed by atoms with van der Waals surface area (Å²) in [5.74, 6) is -0.201. The van der Waals surface area contributed by atoms with Crippen molar-refractivity contribution in [1.82, 2.24) is 5.32 Å². The van der Waals surface area contributed by atoms with Crippen molar-refractivity contribution in [2.45, 2.75) is 19.3 Å². The van der Waals surface area contributed by atoms with Crippen LogP contribution in [0.15, 0.2) is 24.3 Å². The number of hydrogen-bond acceptors (Lipinski definition) is 5. The van der Waals surface area contributed by atoms with Gasteiger partial charge in [0.15, 0.2) is 0 Å². The molecule has 1 aromatic rings. The van der Waals surface area contributed by atoms with E-state index in [0.29, 0.717) is 25.3 Å². The normalized spacial score (nSPS) is 16.8. The second-order valence-electron chi connectivity index (χ2n) is 5.57. The molecule has 1 heterocycles. The van der Waals surface area contributed by atoms with Crippen molar-refractivity contribution in [1.29, 1.82) is 0 Å². The highest BCUT2D eigenvalue weighted by Gasteiger charge is 2.34. The summed E-state index contributed by atoms with van der Waals surface area (Å²) in [5, 5.41) is 2.77. The van der Waals surface area contributed by atoms with Gasteiger partial charge in [-0.05, 0) is 30.7 Å². The van der Waals surface area contributed by atoms with Crippen LogP contribution in [0.2, 0.25) is 0 Å². The van der Waals surface area contributed by atoms with Crippen molar-refractivity contribution in [3.8, 4) is 5.75 Å². The Labute approximate surface area is 140 Å². The molecule has 2 rings (SSSR count). The fraction of sp³-hybridized carbons (Fsp3) is 0.471. The van der Waals surface area contributed by atoms with Gasteiger partial charge in [-0.15, -0.1) is 0 Å². The zero-order valence-corrected chi connectivity index (χ0v) is 13.9. The Morgan fingerprint density at radius 3 is 2.58 bits per heavy atom. The first kappa shape index (κ1) is 17.8. The van der Waals surface area contributed by atoms with E-state index in [-0.39, 0.29) is 36.5 Å². The number of nitrogens with zero attached hydrogens (tertiary/aromatic N) is 1. The van der Waals surface area contributed by atoms with Crippen molar-refractivity contribution >= 4 is 23.5 Å². The van der Waals surface area contributed by atoms with E-state index < -0.39 is 0 Å². The second-order valence-corrected chi connectivity index (χ2v) is 5.57. The molecule has 2 amide bonds. The third kappa shape index (κ3) is 4.47. The van der Waals surface area contributed by atoms with Gasteiger partial charge >= 0.3 is 5.97 Å². The minimum atomic E-state index is -0.377. The van der Waals surface area contributed by atoms with Crippen molar-refractivity contribution in [3.63, 3.8) is 0 Å². The molecule has 0 aromatic heterocycles. The van der Waals surface area contributed by atoms with E-state index in [4.69, 9.17) is 4.74 Å². The highest BCUT2D eigenvalue weighted by atomic mass is 16.5. The molecule has 1 saturated heterocycles. The molecule has 7 nitrogen and oxygen atoms in total. The van der Waals surface area contributed by atoms with Gasteiger partial charge in [0.05, 0.1) is 20.1 Å². The number of rotatable bonds is 7. The molecule has 1 fully saturated rings. The predicted molar refractivity (Wildman–Crippen MR) is 87.7 cm³/mol. The molecule has 130 valence electrons. The molecule has 1 atom stereocenters. The van der Waals surface area contributed by atoms with Crippen LogP contribution in [0.4, 0.5) is 5.69 Å². The van der Waals surface area contributed by atoms with Crippen LogP contribution in [0.25, 0.3) is 0 Å². The molecule has 0 saturated carbocycles. The average Bonchev–Trinajstić information content (AvgIpc) is 3.00. The van der Waals surface area contributed by atoms with E-state index in [1.165, 1.54) is 7.11 Å². The van der Waals surface area contributed by atoms with E-state index in [9.17, 15) is 14.4 Å². The summed E-state index contributed by atoms with van der Waals surface area (Å²) in [6.07, 6.45) is 0.967. The van der Waals surface area contributed by atoms with Crippen molar-refractivity contribution in [2.75, 3.05) is 32.2 Å². The third-order valence-electron chi connectivity index (χ3n) is 3.96. The van der Waals surface area contributed by atoms with Crippen LogP contribution in [0, 0.1) is 5.92 Å². The second kappa shape index (κ2) is 8.33. The quantitative estimate of drug-likeness (QED) is 0.596. The molecule has 0 bridgehead atoms. The molecule has 1 unspecified atom stereocenters. The standard InChI is InChI=1S/C17H22N2O5/c1-23-14-7-5-13(6-8-14)19-11-12(10-15(19)20)17(22)18-9-3-4-16(21)24-2/h5-8,12H,3-4,9-11H2,1-2H3,(H,18,22). The SMILES string of the molecule is COC(=O)CCCNC(=O)C1CC(=O)N(c2ccc(OC)cc2)C1. The Morgan fingerprint density at radius 1 is 1.25 bits per heavy atom. The van der Waals surface area contributed by atoms with Crippen LogP contribution < -0.4 is 15.0 Å². The maximum atomic E-state index is 12.2. The highest BCUT2D eigenvalue weighted by Crippen LogP contribution is 2.26. The Bertz CT molecular complexity index is 600. The summed E-state index contributed by atoms with van der Waals surface area (Å²) in [7, 11) is 2.91. The molecule has 24 heavy (non-hydrogen) atoms. The van der Waals surface area contributed by atoms with Gasteiger partial charge in [-0.2, -0.15) is 0 Å². The summed E-state index contributed by atoms with van der Waals surface area (Å²) in [4.78, 5) is 36.9. The van der Waals surface area contributed by atoms with Gasteiger partial charge in [0.25, 0.3) is 0 Å². The van der Waals surface area contributed by atoms with E-state index in [2.05, 4.69) is 10.1 Å². The topological polar surface area (TPSA) is 84.9 Å². The summed E-state index contributed by atoms with van der Waals surface area (Å²) in [5.41, 5.74) is 0.752.